The molecule has 10 heteroatoms. The maximum absolute atomic E-state index is 13.6. The highest BCUT2D eigenvalue weighted by atomic mass is 32.2. The van der Waals surface area contributed by atoms with Crippen LogP contribution in [0.15, 0.2) is 65.4 Å². The second kappa shape index (κ2) is 7.24. The Bertz CT molecular complexity index is 1230. The lowest BCUT2D eigenvalue weighted by atomic mass is 10.2. The molecule has 0 aliphatic rings. The molecule has 142 valence electrons. The minimum atomic E-state index is -3.78. The minimum absolute atomic E-state index is 0.0336. The molecule has 0 aliphatic heterocycles. The molecular weight excluding hydrogens is 387 g/mol. The number of aromatic nitrogens is 3. The summed E-state index contributed by atoms with van der Waals surface area (Å²) < 4.78 is 51.1. The lowest BCUT2D eigenvalue weighted by Gasteiger charge is -2.07. The van der Waals surface area contributed by atoms with E-state index in [4.69, 9.17) is 9.26 Å². The Hall–Kier alpha value is -3.53. The van der Waals surface area contributed by atoms with Crippen LogP contribution in [0, 0.1) is 5.82 Å². The fraction of sp³-hybridized carbons (Fsp3) is 0.0556. The number of nitrogens with zero attached hydrogens (tertiary/aromatic N) is 3. The van der Waals surface area contributed by atoms with Gasteiger partial charge in [0.1, 0.15) is 11.4 Å². The van der Waals surface area contributed by atoms with E-state index in [1.807, 2.05) is 0 Å². The molecule has 2 heterocycles. The molecule has 4 aromatic rings. The topological polar surface area (TPSA) is 107 Å². The van der Waals surface area contributed by atoms with Crippen LogP contribution in [0.25, 0.3) is 11.0 Å². The van der Waals surface area contributed by atoms with Gasteiger partial charge in [0.15, 0.2) is 17.1 Å². The molecule has 4 rings (SSSR count). The third kappa shape index (κ3) is 3.91. The van der Waals surface area contributed by atoms with Crippen molar-refractivity contribution in [1.82, 2.24) is 15.1 Å². The Kier molecular flexibility index (Phi) is 4.62. The highest BCUT2D eigenvalue weighted by Crippen LogP contribution is 2.23. The van der Waals surface area contributed by atoms with E-state index in [9.17, 15) is 12.8 Å². The van der Waals surface area contributed by atoms with E-state index in [2.05, 4.69) is 19.8 Å². The standard InChI is InChI=1S/C18H13FN4O4S/c19-14-6-2-4-8-17(14)26-18-20-9-12(10-21-18)23-28(24,25)11-15-13-5-1-3-7-16(13)27-22-15/h1-10,23H,11H2. The number of para-hydroxylation sites is 2. The molecule has 0 aliphatic carbocycles. The normalized spacial score (nSPS) is 11.5. The van der Waals surface area contributed by atoms with Crippen LogP contribution in [0.5, 0.6) is 11.8 Å². The number of hydrogen-bond donors (Lipinski definition) is 1. The molecule has 0 spiro atoms. The van der Waals surface area contributed by atoms with Crippen LogP contribution >= 0.6 is 0 Å². The van der Waals surface area contributed by atoms with Gasteiger partial charge in [0, 0.05) is 5.39 Å². The van der Waals surface area contributed by atoms with Crippen molar-refractivity contribution < 1.29 is 22.1 Å². The van der Waals surface area contributed by atoms with E-state index in [1.165, 1.54) is 30.6 Å². The molecule has 0 unspecified atom stereocenters. The summed E-state index contributed by atoms with van der Waals surface area (Å²) in [6.45, 7) is 0. The predicted octanol–water partition coefficient (Wildman–Crippen LogP) is 3.49. The van der Waals surface area contributed by atoms with Crippen LogP contribution in [-0.4, -0.2) is 23.5 Å². The number of ether oxygens (including phenoxy) is 1. The largest absolute Gasteiger partial charge is 0.421 e. The third-order valence-electron chi connectivity index (χ3n) is 3.72. The Balaban J connectivity index is 1.47. The number of anilines is 1. The summed E-state index contributed by atoms with van der Waals surface area (Å²) >= 11 is 0. The highest BCUT2D eigenvalue weighted by molar-refractivity contribution is 7.91. The van der Waals surface area contributed by atoms with Crippen molar-refractivity contribution in [2.45, 2.75) is 5.75 Å². The zero-order valence-corrected chi connectivity index (χ0v) is 15.1. The van der Waals surface area contributed by atoms with Gasteiger partial charge in [0.05, 0.1) is 18.1 Å². The van der Waals surface area contributed by atoms with Crippen molar-refractivity contribution in [2.24, 2.45) is 0 Å². The van der Waals surface area contributed by atoms with E-state index in [1.54, 1.807) is 30.3 Å². The number of nitrogens with one attached hydrogen (secondary N) is 1. The fourth-order valence-electron chi connectivity index (χ4n) is 2.49. The van der Waals surface area contributed by atoms with Gasteiger partial charge in [-0.2, -0.15) is 0 Å². The molecule has 0 atom stereocenters. The highest BCUT2D eigenvalue weighted by Gasteiger charge is 2.18. The van der Waals surface area contributed by atoms with Gasteiger partial charge in [-0.3, -0.25) is 4.72 Å². The first-order chi connectivity index (χ1) is 13.5. The van der Waals surface area contributed by atoms with Crippen LogP contribution in [0.4, 0.5) is 10.1 Å². The summed E-state index contributed by atoms with van der Waals surface area (Å²) in [5.74, 6) is -0.971. The average molecular weight is 400 g/mol. The number of benzene rings is 2. The van der Waals surface area contributed by atoms with Gasteiger partial charge in [-0.25, -0.2) is 22.8 Å². The average Bonchev–Trinajstić information content (AvgIpc) is 3.07. The lowest BCUT2D eigenvalue weighted by molar-refractivity contribution is 0.411. The Morgan fingerprint density at radius 2 is 1.75 bits per heavy atom. The van der Waals surface area contributed by atoms with E-state index in [0.717, 1.165) is 0 Å². The van der Waals surface area contributed by atoms with Crippen molar-refractivity contribution in [3.63, 3.8) is 0 Å². The number of hydrogen-bond acceptors (Lipinski definition) is 7. The van der Waals surface area contributed by atoms with E-state index >= 15 is 0 Å². The first-order valence-electron chi connectivity index (χ1n) is 8.08. The van der Waals surface area contributed by atoms with Gasteiger partial charge < -0.3 is 9.26 Å². The Labute approximate surface area is 159 Å². The smallest absolute Gasteiger partial charge is 0.322 e. The monoisotopic (exact) mass is 400 g/mol. The molecule has 2 aromatic carbocycles. The van der Waals surface area contributed by atoms with Crippen LogP contribution in [-0.2, 0) is 15.8 Å². The number of rotatable bonds is 6. The molecule has 0 saturated heterocycles. The van der Waals surface area contributed by atoms with Crippen LogP contribution in [0.2, 0.25) is 0 Å². The zero-order valence-electron chi connectivity index (χ0n) is 14.2. The zero-order chi connectivity index (χ0) is 19.6. The summed E-state index contributed by atoms with van der Waals surface area (Å²) in [5, 5.41) is 4.43. The minimum Gasteiger partial charge on any atom is -0.421 e. The van der Waals surface area contributed by atoms with Gasteiger partial charge in [0.25, 0.3) is 0 Å². The first-order valence-corrected chi connectivity index (χ1v) is 9.74. The van der Waals surface area contributed by atoms with E-state index in [0.29, 0.717) is 16.7 Å². The van der Waals surface area contributed by atoms with E-state index < -0.39 is 15.8 Å². The van der Waals surface area contributed by atoms with Crippen molar-refractivity contribution in [2.75, 3.05) is 4.72 Å². The fourth-order valence-corrected chi connectivity index (χ4v) is 3.59. The lowest BCUT2D eigenvalue weighted by Crippen LogP contribution is -2.15. The van der Waals surface area contributed by atoms with Gasteiger partial charge in [-0.1, -0.05) is 29.4 Å². The summed E-state index contributed by atoms with van der Waals surface area (Å²) in [5.41, 5.74) is 0.933. The van der Waals surface area contributed by atoms with Gasteiger partial charge >= 0.3 is 6.01 Å². The molecule has 0 radical (unpaired) electrons. The summed E-state index contributed by atoms with van der Waals surface area (Å²) in [6.07, 6.45) is 2.45. The van der Waals surface area contributed by atoms with Crippen LogP contribution < -0.4 is 9.46 Å². The molecule has 0 amide bonds. The molecule has 28 heavy (non-hydrogen) atoms. The number of halogens is 1. The van der Waals surface area contributed by atoms with Crippen LogP contribution in [0.1, 0.15) is 5.69 Å². The van der Waals surface area contributed by atoms with Crippen molar-refractivity contribution >= 4 is 26.7 Å². The molecule has 2 aromatic heterocycles. The number of fused-ring (bicyclic) bond motifs is 1. The predicted molar refractivity (Wildman–Crippen MR) is 98.8 cm³/mol. The maximum atomic E-state index is 13.6. The summed E-state index contributed by atoms with van der Waals surface area (Å²) in [4.78, 5) is 7.77. The van der Waals surface area contributed by atoms with E-state index in [-0.39, 0.29) is 23.2 Å². The van der Waals surface area contributed by atoms with Crippen molar-refractivity contribution in [3.05, 3.63) is 72.4 Å². The maximum Gasteiger partial charge on any atom is 0.322 e. The van der Waals surface area contributed by atoms with Crippen molar-refractivity contribution in [3.8, 4) is 11.8 Å². The van der Waals surface area contributed by atoms with Crippen LogP contribution in [0.3, 0.4) is 0 Å². The molecule has 0 bridgehead atoms. The molecule has 8 nitrogen and oxygen atoms in total. The molecular formula is C18H13FN4O4S. The van der Waals surface area contributed by atoms with Gasteiger partial charge in [-0.15, -0.1) is 0 Å². The second-order valence-corrected chi connectivity index (χ2v) is 7.50. The second-order valence-electron chi connectivity index (χ2n) is 5.77. The third-order valence-corrected chi connectivity index (χ3v) is 4.92. The Morgan fingerprint density at radius 3 is 2.54 bits per heavy atom. The summed E-state index contributed by atoms with van der Waals surface area (Å²) in [7, 11) is -3.78. The molecule has 1 N–H and O–H groups in total. The Morgan fingerprint density at radius 1 is 1.04 bits per heavy atom. The van der Waals surface area contributed by atoms with Gasteiger partial charge in [0.2, 0.25) is 10.0 Å². The van der Waals surface area contributed by atoms with Crippen molar-refractivity contribution in [1.29, 1.82) is 0 Å². The molecule has 0 fully saturated rings. The first kappa shape index (κ1) is 17.9. The SMILES string of the molecule is O=S(=O)(Cc1noc2ccccc12)Nc1cnc(Oc2ccccc2F)nc1. The number of sulfonamides is 1. The van der Waals surface area contributed by atoms with Gasteiger partial charge in [-0.05, 0) is 24.3 Å². The molecule has 0 saturated carbocycles. The quantitative estimate of drug-likeness (QED) is 0.528. The summed E-state index contributed by atoms with van der Waals surface area (Å²) in [6, 6.07) is 12.7.